The number of hydrogen-bond acceptors (Lipinski definition) is 5. The van der Waals surface area contributed by atoms with Gasteiger partial charge >= 0.3 is 0 Å². The fourth-order valence-electron chi connectivity index (χ4n) is 1.85. The molecule has 2 aromatic rings. The predicted octanol–water partition coefficient (Wildman–Crippen LogP) is 3.23. The first-order valence-electron chi connectivity index (χ1n) is 5.98. The largest absolute Gasteiger partial charge is 0.486 e. The highest BCUT2D eigenvalue weighted by atomic mass is 79.9. The molecule has 1 aliphatic rings. The first kappa shape index (κ1) is 12.8. The minimum atomic E-state index is 0.504. The van der Waals surface area contributed by atoms with Gasteiger partial charge in [-0.15, -0.1) is 0 Å². The van der Waals surface area contributed by atoms with Crippen LogP contribution in [-0.4, -0.2) is 18.2 Å². The number of pyridine rings is 1. The molecular formula is C14H10BrN3O2. The molecule has 0 bridgehead atoms. The van der Waals surface area contributed by atoms with Crippen LogP contribution in [0.2, 0.25) is 0 Å². The Bertz CT molecular complexity index is 697. The van der Waals surface area contributed by atoms with Crippen LogP contribution in [0.5, 0.6) is 11.5 Å². The summed E-state index contributed by atoms with van der Waals surface area (Å²) in [5, 5.41) is 12.0. The van der Waals surface area contributed by atoms with E-state index in [4.69, 9.17) is 14.7 Å². The van der Waals surface area contributed by atoms with Crippen molar-refractivity contribution in [1.82, 2.24) is 4.98 Å². The maximum Gasteiger partial charge on any atom is 0.163 e. The van der Waals surface area contributed by atoms with Crippen LogP contribution in [0.25, 0.3) is 0 Å². The number of anilines is 2. The van der Waals surface area contributed by atoms with Crippen molar-refractivity contribution < 1.29 is 9.47 Å². The van der Waals surface area contributed by atoms with Crippen molar-refractivity contribution in [2.24, 2.45) is 0 Å². The molecule has 3 rings (SSSR count). The zero-order valence-electron chi connectivity index (χ0n) is 10.4. The molecule has 0 radical (unpaired) electrons. The van der Waals surface area contributed by atoms with E-state index in [0.717, 1.165) is 15.9 Å². The number of halogens is 1. The Labute approximate surface area is 124 Å². The first-order chi connectivity index (χ1) is 9.76. The van der Waals surface area contributed by atoms with Gasteiger partial charge in [-0.1, -0.05) is 0 Å². The van der Waals surface area contributed by atoms with Crippen LogP contribution in [0.1, 0.15) is 5.56 Å². The Balaban J connectivity index is 1.86. The number of hydrogen-bond donors (Lipinski definition) is 1. The van der Waals surface area contributed by atoms with Gasteiger partial charge in [0.05, 0.1) is 10.0 Å². The van der Waals surface area contributed by atoms with Crippen molar-refractivity contribution in [2.75, 3.05) is 18.5 Å². The van der Waals surface area contributed by atoms with Crippen LogP contribution in [-0.2, 0) is 0 Å². The van der Waals surface area contributed by atoms with Crippen molar-refractivity contribution in [3.05, 3.63) is 40.5 Å². The van der Waals surface area contributed by atoms with Crippen LogP contribution in [0.4, 0.5) is 11.5 Å². The summed E-state index contributed by atoms with van der Waals surface area (Å²) in [6.07, 6.45) is 1.52. The molecule has 0 fully saturated rings. The highest BCUT2D eigenvalue weighted by molar-refractivity contribution is 9.10. The van der Waals surface area contributed by atoms with E-state index in [-0.39, 0.29) is 0 Å². The van der Waals surface area contributed by atoms with Gasteiger partial charge in [0.15, 0.2) is 11.5 Å². The lowest BCUT2D eigenvalue weighted by molar-refractivity contribution is 0.171. The third-order valence-corrected chi connectivity index (χ3v) is 3.38. The predicted molar refractivity (Wildman–Crippen MR) is 77.4 cm³/mol. The third-order valence-electron chi connectivity index (χ3n) is 2.78. The lowest BCUT2D eigenvalue weighted by Crippen LogP contribution is -2.15. The molecule has 1 aromatic heterocycles. The molecule has 1 N–H and O–H groups in total. The van der Waals surface area contributed by atoms with Gasteiger partial charge < -0.3 is 14.8 Å². The standard InChI is InChI=1S/C14H10BrN3O2/c15-11-5-9(7-16)8-17-14(11)18-10-1-2-12-13(6-10)20-4-3-19-12/h1-2,5-6,8H,3-4H2,(H,17,18). The summed E-state index contributed by atoms with van der Waals surface area (Å²) in [4.78, 5) is 4.20. The smallest absolute Gasteiger partial charge is 0.163 e. The van der Waals surface area contributed by atoms with E-state index in [1.54, 1.807) is 6.07 Å². The summed E-state index contributed by atoms with van der Waals surface area (Å²) < 4.78 is 11.7. The number of nitrogens with zero attached hydrogens (tertiary/aromatic N) is 2. The van der Waals surface area contributed by atoms with Gasteiger partial charge in [-0.3, -0.25) is 0 Å². The molecule has 2 heterocycles. The van der Waals surface area contributed by atoms with E-state index in [9.17, 15) is 0 Å². The van der Waals surface area contributed by atoms with Crippen LogP contribution < -0.4 is 14.8 Å². The molecule has 0 spiro atoms. The monoisotopic (exact) mass is 331 g/mol. The molecule has 1 aliphatic heterocycles. The molecule has 6 heteroatoms. The van der Waals surface area contributed by atoms with Gasteiger partial charge in [0.1, 0.15) is 25.1 Å². The third kappa shape index (κ3) is 2.53. The zero-order chi connectivity index (χ0) is 13.9. The normalized spacial score (nSPS) is 12.6. The molecule has 0 atom stereocenters. The Morgan fingerprint density at radius 1 is 1.20 bits per heavy atom. The number of rotatable bonds is 2. The van der Waals surface area contributed by atoms with E-state index in [2.05, 4.69) is 26.2 Å². The molecule has 1 aromatic carbocycles. The Morgan fingerprint density at radius 2 is 2.00 bits per heavy atom. The van der Waals surface area contributed by atoms with Crippen molar-refractivity contribution in [3.63, 3.8) is 0 Å². The number of fused-ring (bicyclic) bond motifs is 1. The van der Waals surface area contributed by atoms with Gasteiger partial charge in [0.2, 0.25) is 0 Å². The maximum atomic E-state index is 8.81. The second-order valence-corrected chi connectivity index (χ2v) is 5.00. The number of nitrogens with one attached hydrogen (secondary N) is 1. The second kappa shape index (κ2) is 5.39. The average molecular weight is 332 g/mol. The highest BCUT2D eigenvalue weighted by Gasteiger charge is 2.12. The molecule has 100 valence electrons. The summed E-state index contributed by atoms with van der Waals surface area (Å²) >= 11 is 3.39. The first-order valence-corrected chi connectivity index (χ1v) is 6.78. The summed E-state index contributed by atoms with van der Waals surface area (Å²) in [7, 11) is 0. The van der Waals surface area contributed by atoms with E-state index in [1.165, 1.54) is 6.20 Å². The van der Waals surface area contributed by atoms with Crippen LogP contribution in [0, 0.1) is 11.3 Å². The van der Waals surface area contributed by atoms with Crippen LogP contribution >= 0.6 is 15.9 Å². The molecule has 0 saturated carbocycles. The summed E-state index contributed by atoms with van der Waals surface area (Å²) in [6, 6.07) is 9.36. The molecular weight excluding hydrogens is 322 g/mol. The molecule has 0 amide bonds. The number of nitriles is 1. The van der Waals surface area contributed by atoms with E-state index in [0.29, 0.717) is 30.3 Å². The van der Waals surface area contributed by atoms with Gasteiger partial charge in [-0.05, 0) is 34.1 Å². The topological polar surface area (TPSA) is 67.2 Å². The minimum Gasteiger partial charge on any atom is -0.486 e. The quantitative estimate of drug-likeness (QED) is 0.914. The van der Waals surface area contributed by atoms with E-state index >= 15 is 0 Å². The van der Waals surface area contributed by atoms with Gasteiger partial charge in [0, 0.05) is 18.0 Å². The lowest BCUT2D eigenvalue weighted by atomic mass is 10.2. The molecule has 5 nitrogen and oxygen atoms in total. The Kier molecular flexibility index (Phi) is 3.44. The summed E-state index contributed by atoms with van der Waals surface area (Å²) in [5.41, 5.74) is 1.34. The average Bonchev–Trinajstić information content (AvgIpc) is 2.49. The van der Waals surface area contributed by atoms with Crippen molar-refractivity contribution in [3.8, 4) is 17.6 Å². The SMILES string of the molecule is N#Cc1cnc(Nc2ccc3c(c2)OCCO3)c(Br)c1. The van der Waals surface area contributed by atoms with E-state index in [1.807, 2.05) is 24.3 Å². The minimum absolute atomic E-state index is 0.504. The molecule has 0 saturated heterocycles. The zero-order valence-corrected chi connectivity index (χ0v) is 12.0. The lowest BCUT2D eigenvalue weighted by Gasteiger charge is -2.19. The van der Waals surface area contributed by atoms with Crippen LogP contribution in [0.15, 0.2) is 34.9 Å². The number of aromatic nitrogens is 1. The van der Waals surface area contributed by atoms with Gasteiger partial charge in [0.25, 0.3) is 0 Å². The molecule has 0 unspecified atom stereocenters. The fourth-order valence-corrected chi connectivity index (χ4v) is 2.30. The van der Waals surface area contributed by atoms with Gasteiger partial charge in [-0.2, -0.15) is 5.26 Å². The van der Waals surface area contributed by atoms with Crippen molar-refractivity contribution >= 4 is 27.4 Å². The molecule has 20 heavy (non-hydrogen) atoms. The second-order valence-electron chi connectivity index (χ2n) is 4.15. The summed E-state index contributed by atoms with van der Waals surface area (Å²) in [5.74, 6) is 2.10. The van der Waals surface area contributed by atoms with Crippen LogP contribution in [0.3, 0.4) is 0 Å². The molecule has 0 aliphatic carbocycles. The number of benzene rings is 1. The van der Waals surface area contributed by atoms with E-state index < -0.39 is 0 Å². The Hall–Kier alpha value is -2.26. The number of ether oxygens (including phenoxy) is 2. The van der Waals surface area contributed by atoms with Gasteiger partial charge in [-0.25, -0.2) is 4.98 Å². The maximum absolute atomic E-state index is 8.81. The Morgan fingerprint density at radius 3 is 2.75 bits per heavy atom. The highest BCUT2D eigenvalue weighted by Crippen LogP contribution is 2.34. The summed E-state index contributed by atoms with van der Waals surface area (Å²) in [6.45, 7) is 1.12. The van der Waals surface area contributed by atoms with Crippen molar-refractivity contribution in [2.45, 2.75) is 0 Å². The van der Waals surface area contributed by atoms with Crippen molar-refractivity contribution in [1.29, 1.82) is 5.26 Å². The fraction of sp³-hybridized carbons (Fsp3) is 0.143.